The largest absolute Gasteiger partial charge is 0.465 e. The van der Waals surface area contributed by atoms with E-state index in [9.17, 15) is 19.2 Å². The first-order valence-corrected chi connectivity index (χ1v) is 5.29. The standard InChI is InChI=1S/C11H11N3O5/c1-13-8-6(10(17)19-3)5(4-15)12-7(8)9(16)14(2)11(13)18/h4,12H,1-3H3. The number of H-pyrrole nitrogens is 1. The van der Waals surface area contributed by atoms with Gasteiger partial charge in [0.15, 0.2) is 6.29 Å². The fourth-order valence-corrected chi connectivity index (χ4v) is 1.97. The summed E-state index contributed by atoms with van der Waals surface area (Å²) in [4.78, 5) is 49.0. The molecule has 100 valence electrons. The Morgan fingerprint density at radius 3 is 2.42 bits per heavy atom. The predicted octanol–water partition coefficient (Wildman–Crippen LogP) is -0.836. The van der Waals surface area contributed by atoms with E-state index < -0.39 is 17.2 Å². The third-order valence-electron chi connectivity index (χ3n) is 2.94. The van der Waals surface area contributed by atoms with Crippen LogP contribution in [0, 0.1) is 0 Å². The van der Waals surface area contributed by atoms with E-state index in [0.717, 1.165) is 16.2 Å². The van der Waals surface area contributed by atoms with Crippen LogP contribution in [0.15, 0.2) is 9.59 Å². The highest BCUT2D eigenvalue weighted by atomic mass is 16.5. The van der Waals surface area contributed by atoms with Gasteiger partial charge in [0, 0.05) is 14.1 Å². The van der Waals surface area contributed by atoms with Crippen LogP contribution in [0.2, 0.25) is 0 Å². The maximum absolute atomic E-state index is 11.9. The summed E-state index contributed by atoms with van der Waals surface area (Å²) in [6.45, 7) is 0. The zero-order valence-corrected chi connectivity index (χ0v) is 10.5. The number of aromatic amines is 1. The van der Waals surface area contributed by atoms with Crippen molar-refractivity contribution in [1.82, 2.24) is 14.1 Å². The van der Waals surface area contributed by atoms with Gasteiger partial charge in [-0.2, -0.15) is 0 Å². The average molecular weight is 265 g/mol. The summed E-state index contributed by atoms with van der Waals surface area (Å²) in [5, 5.41) is 0. The van der Waals surface area contributed by atoms with Crippen LogP contribution in [-0.4, -0.2) is 33.5 Å². The molecule has 8 heteroatoms. The van der Waals surface area contributed by atoms with Crippen molar-refractivity contribution in [3.63, 3.8) is 0 Å². The monoisotopic (exact) mass is 265 g/mol. The maximum Gasteiger partial charge on any atom is 0.342 e. The Morgan fingerprint density at radius 1 is 1.26 bits per heavy atom. The number of esters is 1. The molecule has 0 aliphatic rings. The minimum absolute atomic E-state index is 0.00657. The molecule has 0 saturated carbocycles. The molecule has 0 aliphatic heterocycles. The first kappa shape index (κ1) is 12.8. The third kappa shape index (κ3) is 1.60. The quantitative estimate of drug-likeness (QED) is 0.563. The molecule has 0 fully saturated rings. The van der Waals surface area contributed by atoms with Gasteiger partial charge in [0.05, 0.1) is 18.3 Å². The van der Waals surface area contributed by atoms with Crippen molar-refractivity contribution >= 4 is 23.3 Å². The van der Waals surface area contributed by atoms with E-state index in [0.29, 0.717) is 6.29 Å². The Bertz CT molecular complexity index is 808. The molecule has 0 aliphatic carbocycles. The highest BCUT2D eigenvalue weighted by molar-refractivity contribution is 6.08. The van der Waals surface area contributed by atoms with E-state index in [-0.39, 0.29) is 22.3 Å². The molecular weight excluding hydrogens is 254 g/mol. The van der Waals surface area contributed by atoms with E-state index in [1.54, 1.807) is 0 Å². The molecule has 8 nitrogen and oxygen atoms in total. The van der Waals surface area contributed by atoms with E-state index in [2.05, 4.69) is 9.72 Å². The second-order valence-corrected chi connectivity index (χ2v) is 3.95. The first-order chi connectivity index (χ1) is 8.93. The SMILES string of the molecule is COC(=O)c1c(C=O)[nH]c2c(=O)n(C)c(=O)n(C)c12. The third-order valence-corrected chi connectivity index (χ3v) is 2.94. The number of aromatic nitrogens is 3. The van der Waals surface area contributed by atoms with Crippen LogP contribution < -0.4 is 11.2 Å². The van der Waals surface area contributed by atoms with Gasteiger partial charge in [-0.1, -0.05) is 0 Å². The topological polar surface area (TPSA) is 103 Å². The molecule has 0 saturated heterocycles. The zero-order valence-electron chi connectivity index (χ0n) is 10.5. The Balaban J connectivity index is 3.12. The van der Waals surface area contributed by atoms with Gasteiger partial charge in [-0.3, -0.25) is 18.7 Å². The summed E-state index contributed by atoms with van der Waals surface area (Å²) >= 11 is 0. The molecule has 2 aromatic heterocycles. The normalized spacial score (nSPS) is 10.7. The lowest BCUT2D eigenvalue weighted by atomic mass is 10.2. The molecule has 0 radical (unpaired) electrons. The highest BCUT2D eigenvalue weighted by Crippen LogP contribution is 2.18. The van der Waals surface area contributed by atoms with Crippen molar-refractivity contribution in [3.05, 3.63) is 32.1 Å². The van der Waals surface area contributed by atoms with Gasteiger partial charge in [-0.15, -0.1) is 0 Å². The Hall–Kier alpha value is -2.64. The second-order valence-electron chi connectivity index (χ2n) is 3.95. The van der Waals surface area contributed by atoms with Crippen molar-refractivity contribution in [2.24, 2.45) is 14.1 Å². The van der Waals surface area contributed by atoms with Crippen LogP contribution in [0.25, 0.3) is 11.0 Å². The number of methoxy groups -OCH3 is 1. The number of rotatable bonds is 2. The summed E-state index contributed by atoms with van der Waals surface area (Å²) in [5.74, 6) is -0.795. The number of nitrogens with zero attached hydrogens (tertiary/aromatic N) is 2. The molecule has 0 aromatic carbocycles. The van der Waals surface area contributed by atoms with E-state index in [1.165, 1.54) is 14.1 Å². The second kappa shape index (κ2) is 4.23. The number of ether oxygens (including phenoxy) is 1. The number of hydrogen-bond donors (Lipinski definition) is 1. The van der Waals surface area contributed by atoms with Crippen molar-refractivity contribution in [2.75, 3.05) is 7.11 Å². The Labute approximate surface area is 106 Å². The highest BCUT2D eigenvalue weighted by Gasteiger charge is 2.24. The molecule has 0 atom stereocenters. The summed E-state index contributed by atoms with van der Waals surface area (Å²) in [6, 6.07) is 0. The Kier molecular flexibility index (Phi) is 2.85. The van der Waals surface area contributed by atoms with Crippen LogP contribution in [0.4, 0.5) is 0 Å². The first-order valence-electron chi connectivity index (χ1n) is 5.29. The lowest BCUT2D eigenvalue weighted by molar-refractivity contribution is 0.0600. The average Bonchev–Trinajstić information content (AvgIpc) is 2.81. The van der Waals surface area contributed by atoms with Crippen LogP contribution in [0.1, 0.15) is 20.8 Å². The number of aryl methyl sites for hydroxylation is 1. The zero-order chi connectivity index (χ0) is 14.3. The van der Waals surface area contributed by atoms with Gasteiger partial charge in [-0.05, 0) is 0 Å². The van der Waals surface area contributed by atoms with E-state index in [1.807, 2.05) is 0 Å². The van der Waals surface area contributed by atoms with E-state index in [4.69, 9.17) is 0 Å². The molecule has 2 aromatic rings. The van der Waals surface area contributed by atoms with Gasteiger partial charge in [-0.25, -0.2) is 9.59 Å². The van der Waals surface area contributed by atoms with Crippen molar-refractivity contribution < 1.29 is 14.3 Å². The number of hydrogen-bond acceptors (Lipinski definition) is 5. The van der Waals surface area contributed by atoms with E-state index >= 15 is 0 Å². The van der Waals surface area contributed by atoms with Crippen molar-refractivity contribution in [1.29, 1.82) is 0 Å². The molecule has 0 spiro atoms. The molecular formula is C11H11N3O5. The molecule has 2 heterocycles. The molecule has 1 N–H and O–H groups in total. The van der Waals surface area contributed by atoms with Gasteiger partial charge in [0.25, 0.3) is 5.56 Å². The van der Waals surface area contributed by atoms with Gasteiger partial charge in [0.1, 0.15) is 11.1 Å². The maximum atomic E-state index is 11.9. The number of fused-ring (bicyclic) bond motifs is 1. The van der Waals surface area contributed by atoms with Gasteiger partial charge >= 0.3 is 11.7 Å². The predicted molar refractivity (Wildman–Crippen MR) is 65.5 cm³/mol. The summed E-state index contributed by atoms with van der Waals surface area (Å²) in [7, 11) is 3.86. The van der Waals surface area contributed by atoms with Crippen LogP contribution in [0.5, 0.6) is 0 Å². The molecule has 0 amide bonds. The summed E-state index contributed by atoms with van der Waals surface area (Å²) in [6.07, 6.45) is 0.399. The molecule has 0 bridgehead atoms. The number of nitrogens with one attached hydrogen (secondary N) is 1. The van der Waals surface area contributed by atoms with Crippen molar-refractivity contribution in [2.45, 2.75) is 0 Å². The summed E-state index contributed by atoms with van der Waals surface area (Å²) < 4.78 is 6.57. The van der Waals surface area contributed by atoms with Gasteiger partial charge in [0.2, 0.25) is 0 Å². The number of aldehydes is 1. The lowest BCUT2D eigenvalue weighted by Gasteiger charge is -2.05. The number of carbonyl (C=O) groups excluding carboxylic acids is 2. The minimum Gasteiger partial charge on any atom is -0.465 e. The van der Waals surface area contributed by atoms with Crippen LogP contribution >= 0.6 is 0 Å². The summed E-state index contributed by atoms with van der Waals surface area (Å²) in [5.41, 5.74) is -1.37. The van der Waals surface area contributed by atoms with Crippen LogP contribution in [-0.2, 0) is 18.8 Å². The fraction of sp³-hybridized carbons (Fsp3) is 0.273. The Morgan fingerprint density at radius 2 is 1.89 bits per heavy atom. The van der Waals surface area contributed by atoms with Gasteiger partial charge < -0.3 is 9.72 Å². The molecule has 19 heavy (non-hydrogen) atoms. The molecule has 0 unspecified atom stereocenters. The minimum atomic E-state index is -0.795. The lowest BCUT2D eigenvalue weighted by Crippen LogP contribution is -2.37. The van der Waals surface area contributed by atoms with Crippen LogP contribution in [0.3, 0.4) is 0 Å². The smallest absolute Gasteiger partial charge is 0.342 e. The molecule has 2 rings (SSSR count). The van der Waals surface area contributed by atoms with Crippen molar-refractivity contribution in [3.8, 4) is 0 Å². The number of carbonyl (C=O) groups is 2. The fourth-order valence-electron chi connectivity index (χ4n) is 1.97.